The van der Waals surface area contributed by atoms with Gasteiger partial charge in [-0.3, -0.25) is 9.78 Å². The zero-order valence-electron chi connectivity index (χ0n) is 16.4. The number of anilines is 1. The normalized spacial score (nSPS) is 37.2. The summed E-state index contributed by atoms with van der Waals surface area (Å²) in [7, 11) is 0. The van der Waals surface area contributed by atoms with E-state index in [2.05, 4.69) is 10.3 Å². The fourth-order valence-corrected chi connectivity index (χ4v) is 6.57. The number of amides is 1. The maximum atomic E-state index is 12.0. The molecule has 1 aromatic heterocycles. The molecule has 1 amide bonds. The van der Waals surface area contributed by atoms with Gasteiger partial charge in [-0.05, 0) is 81.1 Å². The molecule has 152 valence electrons. The topological polar surface area (TPSA) is 97.5 Å². The maximum absolute atomic E-state index is 12.0. The van der Waals surface area contributed by atoms with Crippen molar-refractivity contribution in [3.05, 3.63) is 23.5 Å². The number of aromatic nitrogens is 1. The SMILES string of the molecule is NC(=O)c1cnc(CC2CCOCC2)cc1NC1[C@@H]2CC3C[C@H]1CC(O)(C3)C2. The summed E-state index contributed by atoms with van der Waals surface area (Å²) in [5.74, 6) is 1.77. The van der Waals surface area contributed by atoms with E-state index in [1.807, 2.05) is 6.07 Å². The molecule has 1 aromatic rings. The van der Waals surface area contributed by atoms with E-state index >= 15 is 0 Å². The van der Waals surface area contributed by atoms with Crippen LogP contribution in [0.5, 0.6) is 0 Å². The highest BCUT2D eigenvalue weighted by Gasteiger charge is 2.54. The van der Waals surface area contributed by atoms with Crippen LogP contribution in [0, 0.1) is 23.7 Å². The molecule has 0 aromatic carbocycles. The molecule has 6 heteroatoms. The Morgan fingerprint density at radius 1 is 1.25 bits per heavy atom. The van der Waals surface area contributed by atoms with Crippen LogP contribution in [0.2, 0.25) is 0 Å². The number of ether oxygens (including phenoxy) is 1. The Hall–Kier alpha value is -1.66. The Balaban J connectivity index is 1.37. The molecule has 5 aliphatic rings. The van der Waals surface area contributed by atoms with Crippen LogP contribution in [0.25, 0.3) is 0 Å². The Kier molecular flexibility index (Phi) is 4.59. The molecule has 6 rings (SSSR count). The zero-order chi connectivity index (χ0) is 19.3. The third kappa shape index (κ3) is 3.41. The number of aliphatic hydroxyl groups is 1. The van der Waals surface area contributed by atoms with E-state index in [9.17, 15) is 9.90 Å². The van der Waals surface area contributed by atoms with Crippen molar-refractivity contribution in [3.63, 3.8) is 0 Å². The van der Waals surface area contributed by atoms with Crippen LogP contribution in [0.1, 0.15) is 61.0 Å². The van der Waals surface area contributed by atoms with Crippen LogP contribution in [0.15, 0.2) is 12.3 Å². The average Bonchev–Trinajstić information content (AvgIpc) is 2.64. The summed E-state index contributed by atoms with van der Waals surface area (Å²) >= 11 is 0. The van der Waals surface area contributed by atoms with Crippen LogP contribution < -0.4 is 11.1 Å². The van der Waals surface area contributed by atoms with E-state index < -0.39 is 11.5 Å². The minimum atomic E-state index is -0.451. The number of rotatable bonds is 5. The molecular formula is C22H31N3O3. The number of pyridine rings is 1. The summed E-state index contributed by atoms with van der Waals surface area (Å²) in [6, 6.07) is 2.35. The molecule has 1 aliphatic heterocycles. The lowest BCUT2D eigenvalue weighted by Gasteiger charge is -2.58. The zero-order valence-corrected chi connectivity index (χ0v) is 16.4. The Labute approximate surface area is 166 Å². The molecule has 6 nitrogen and oxygen atoms in total. The first-order chi connectivity index (χ1) is 13.5. The number of nitrogens with zero attached hydrogens (tertiary/aromatic N) is 1. The van der Waals surface area contributed by atoms with Gasteiger partial charge in [0.2, 0.25) is 0 Å². The van der Waals surface area contributed by atoms with E-state index in [4.69, 9.17) is 10.5 Å². The lowest BCUT2D eigenvalue weighted by atomic mass is 9.52. The van der Waals surface area contributed by atoms with Gasteiger partial charge in [0.25, 0.3) is 5.91 Å². The average molecular weight is 386 g/mol. The number of hydrogen-bond donors (Lipinski definition) is 3. The Morgan fingerprint density at radius 3 is 2.61 bits per heavy atom. The Bertz CT molecular complexity index is 745. The van der Waals surface area contributed by atoms with Crippen molar-refractivity contribution in [2.75, 3.05) is 18.5 Å². The Morgan fingerprint density at radius 2 is 1.96 bits per heavy atom. The first-order valence-electron chi connectivity index (χ1n) is 10.8. The van der Waals surface area contributed by atoms with Crippen LogP contribution in [-0.4, -0.2) is 40.9 Å². The first kappa shape index (κ1) is 18.4. The third-order valence-corrected chi connectivity index (χ3v) is 7.63. The summed E-state index contributed by atoms with van der Waals surface area (Å²) in [4.78, 5) is 16.5. The number of carbonyl (C=O) groups is 1. The molecule has 4 bridgehead atoms. The molecule has 5 atom stereocenters. The van der Waals surface area contributed by atoms with E-state index in [0.29, 0.717) is 35.3 Å². The molecule has 4 saturated carbocycles. The van der Waals surface area contributed by atoms with Gasteiger partial charge >= 0.3 is 0 Å². The molecule has 0 radical (unpaired) electrons. The fourth-order valence-electron chi connectivity index (χ4n) is 6.57. The molecule has 5 fully saturated rings. The van der Waals surface area contributed by atoms with Crippen molar-refractivity contribution in [1.29, 1.82) is 0 Å². The highest BCUT2D eigenvalue weighted by Crippen LogP contribution is 2.56. The summed E-state index contributed by atoms with van der Waals surface area (Å²) in [5.41, 5.74) is 7.51. The highest BCUT2D eigenvalue weighted by atomic mass is 16.5. The lowest BCUT2D eigenvalue weighted by Crippen LogP contribution is -2.59. The minimum absolute atomic E-state index is 0.313. The monoisotopic (exact) mass is 385 g/mol. The second-order valence-electron chi connectivity index (χ2n) is 9.71. The largest absolute Gasteiger partial charge is 0.390 e. The second kappa shape index (κ2) is 6.99. The van der Waals surface area contributed by atoms with E-state index in [1.165, 1.54) is 12.8 Å². The summed E-state index contributed by atoms with van der Waals surface area (Å²) < 4.78 is 5.46. The molecule has 3 unspecified atom stereocenters. The van der Waals surface area contributed by atoms with Gasteiger partial charge in [0.05, 0.1) is 16.9 Å². The van der Waals surface area contributed by atoms with Crippen molar-refractivity contribution in [1.82, 2.24) is 4.98 Å². The highest BCUT2D eigenvalue weighted by molar-refractivity contribution is 5.98. The first-order valence-corrected chi connectivity index (χ1v) is 10.8. The quantitative estimate of drug-likeness (QED) is 0.723. The van der Waals surface area contributed by atoms with Crippen LogP contribution in [-0.2, 0) is 11.2 Å². The second-order valence-corrected chi connectivity index (χ2v) is 9.71. The summed E-state index contributed by atoms with van der Waals surface area (Å²) in [5, 5.41) is 14.5. The number of hydrogen-bond acceptors (Lipinski definition) is 5. The molecule has 0 spiro atoms. The maximum Gasteiger partial charge on any atom is 0.252 e. The van der Waals surface area contributed by atoms with Crippen LogP contribution in [0.3, 0.4) is 0 Å². The van der Waals surface area contributed by atoms with Gasteiger partial charge in [-0.1, -0.05) is 0 Å². The third-order valence-electron chi connectivity index (χ3n) is 7.63. The van der Waals surface area contributed by atoms with Crippen molar-refractivity contribution >= 4 is 11.6 Å². The summed E-state index contributed by atoms with van der Waals surface area (Å²) in [6.07, 6.45) is 9.78. The molecular weight excluding hydrogens is 354 g/mol. The van der Waals surface area contributed by atoms with Gasteiger partial charge < -0.3 is 20.9 Å². The van der Waals surface area contributed by atoms with Gasteiger partial charge in [0, 0.05) is 31.1 Å². The molecule has 2 heterocycles. The van der Waals surface area contributed by atoms with Crippen molar-refractivity contribution in [2.45, 2.75) is 63.0 Å². The summed E-state index contributed by atoms with van der Waals surface area (Å²) in [6.45, 7) is 1.65. The van der Waals surface area contributed by atoms with Gasteiger partial charge in [-0.2, -0.15) is 0 Å². The molecule has 28 heavy (non-hydrogen) atoms. The molecule has 1 saturated heterocycles. The molecule has 4 aliphatic carbocycles. The number of nitrogens with one attached hydrogen (secondary N) is 1. The molecule has 4 N–H and O–H groups in total. The lowest BCUT2D eigenvalue weighted by molar-refractivity contribution is -0.129. The van der Waals surface area contributed by atoms with E-state index in [-0.39, 0.29) is 0 Å². The standard InChI is InChI=1S/C22H31N3O3/c23-21(26)18-12-24-17(7-13-1-3-28-4-2-13)8-19(18)25-20-15-5-14-6-16(20)11-22(27,9-14)10-15/h8,12-16,20,27H,1-7,9-11H2,(H2,23,26)(H,24,25)/t14?,15-,16+,20?,22?. The van der Waals surface area contributed by atoms with E-state index in [0.717, 1.165) is 63.1 Å². The van der Waals surface area contributed by atoms with Crippen LogP contribution in [0.4, 0.5) is 5.69 Å². The number of primary amides is 1. The minimum Gasteiger partial charge on any atom is -0.390 e. The fraction of sp³-hybridized carbons (Fsp3) is 0.727. The van der Waals surface area contributed by atoms with Crippen LogP contribution >= 0.6 is 0 Å². The smallest absolute Gasteiger partial charge is 0.252 e. The number of carbonyl (C=O) groups excluding carboxylic acids is 1. The van der Waals surface area contributed by atoms with Crippen molar-refractivity contribution in [3.8, 4) is 0 Å². The predicted octanol–water partition coefficient (Wildman–Crippen LogP) is 2.50. The van der Waals surface area contributed by atoms with E-state index in [1.54, 1.807) is 6.20 Å². The van der Waals surface area contributed by atoms with Gasteiger partial charge in [0.1, 0.15) is 0 Å². The van der Waals surface area contributed by atoms with Crippen molar-refractivity contribution in [2.24, 2.45) is 29.4 Å². The van der Waals surface area contributed by atoms with Crippen molar-refractivity contribution < 1.29 is 14.6 Å². The van der Waals surface area contributed by atoms with Gasteiger partial charge in [-0.15, -0.1) is 0 Å². The predicted molar refractivity (Wildman–Crippen MR) is 106 cm³/mol. The van der Waals surface area contributed by atoms with Gasteiger partial charge in [-0.25, -0.2) is 0 Å². The number of nitrogens with two attached hydrogens (primary N) is 1. The van der Waals surface area contributed by atoms with Gasteiger partial charge in [0.15, 0.2) is 0 Å².